The van der Waals surface area contributed by atoms with Crippen LogP contribution in [0.2, 0.25) is 0 Å². The lowest BCUT2D eigenvalue weighted by molar-refractivity contribution is -0.133. The van der Waals surface area contributed by atoms with Gasteiger partial charge in [-0.15, -0.1) is 11.8 Å². The number of furan rings is 1. The standard InChI is InChI=1S/C12H15BrN2O5S/c1-15(12(19)8-2-3-9(13)20-8)6-10(16)14-4-5-21-7-11(17)18/h2-3H,4-7H2,1H3,(H,14,16)(H,17,18). The summed E-state index contributed by atoms with van der Waals surface area (Å²) in [6.07, 6.45) is 0. The molecule has 0 saturated carbocycles. The molecule has 0 bridgehead atoms. The molecule has 116 valence electrons. The molecule has 0 aromatic carbocycles. The zero-order valence-electron chi connectivity index (χ0n) is 11.3. The maximum atomic E-state index is 11.9. The van der Waals surface area contributed by atoms with Gasteiger partial charge >= 0.3 is 5.97 Å². The van der Waals surface area contributed by atoms with E-state index in [2.05, 4.69) is 21.2 Å². The third-order valence-corrected chi connectivity index (χ3v) is 3.68. The predicted molar refractivity (Wildman–Crippen MR) is 81.3 cm³/mol. The van der Waals surface area contributed by atoms with E-state index in [1.807, 2.05) is 0 Å². The number of carboxylic acids is 1. The highest BCUT2D eigenvalue weighted by molar-refractivity contribution is 9.10. The fourth-order valence-electron chi connectivity index (χ4n) is 1.38. The summed E-state index contributed by atoms with van der Waals surface area (Å²) in [5, 5.41) is 11.1. The molecule has 2 N–H and O–H groups in total. The molecule has 9 heteroatoms. The van der Waals surface area contributed by atoms with Gasteiger partial charge in [-0.1, -0.05) is 0 Å². The van der Waals surface area contributed by atoms with E-state index in [1.54, 1.807) is 6.07 Å². The molecule has 0 spiro atoms. The molecule has 0 saturated heterocycles. The van der Waals surface area contributed by atoms with Crippen molar-refractivity contribution in [2.24, 2.45) is 0 Å². The highest BCUT2D eigenvalue weighted by Crippen LogP contribution is 2.15. The Morgan fingerprint density at radius 1 is 1.43 bits per heavy atom. The third-order valence-electron chi connectivity index (χ3n) is 2.31. The summed E-state index contributed by atoms with van der Waals surface area (Å²) >= 11 is 4.31. The second-order valence-electron chi connectivity index (χ2n) is 4.06. The number of halogens is 1. The van der Waals surface area contributed by atoms with E-state index >= 15 is 0 Å². The third kappa shape index (κ3) is 6.67. The van der Waals surface area contributed by atoms with E-state index in [9.17, 15) is 14.4 Å². The Hall–Kier alpha value is -1.48. The first-order valence-electron chi connectivity index (χ1n) is 5.97. The molecule has 0 atom stereocenters. The van der Waals surface area contributed by atoms with Crippen LogP contribution in [0.1, 0.15) is 10.6 Å². The number of thioether (sulfide) groups is 1. The molecule has 7 nitrogen and oxygen atoms in total. The topological polar surface area (TPSA) is 99.9 Å². The SMILES string of the molecule is CN(CC(=O)NCCSCC(=O)O)C(=O)c1ccc(Br)o1. The maximum Gasteiger partial charge on any atom is 0.313 e. The molecule has 0 unspecified atom stereocenters. The Bertz CT molecular complexity index is 520. The second-order valence-corrected chi connectivity index (χ2v) is 5.95. The molecule has 0 fully saturated rings. The highest BCUT2D eigenvalue weighted by atomic mass is 79.9. The minimum atomic E-state index is -0.888. The number of carbonyl (C=O) groups is 3. The van der Waals surface area contributed by atoms with Crippen molar-refractivity contribution in [3.05, 3.63) is 22.6 Å². The van der Waals surface area contributed by atoms with Gasteiger partial charge in [0.15, 0.2) is 10.4 Å². The number of aliphatic carboxylic acids is 1. The van der Waals surface area contributed by atoms with E-state index in [0.29, 0.717) is 17.0 Å². The van der Waals surface area contributed by atoms with Crippen molar-refractivity contribution in [1.82, 2.24) is 10.2 Å². The van der Waals surface area contributed by atoms with Crippen LogP contribution in [0.15, 0.2) is 21.2 Å². The minimum absolute atomic E-state index is 0.00162. The molecule has 0 aliphatic rings. The molecule has 1 rings (SSSR count). The summed E-state index contributed by atoms with van der Waals surface area (Å²) in [5.74, 6) is -0.943. The number of hydrogen-bond donors (Lipinski definition) is 2. The number of carboxylic acid groups (broad SMARTS) is 1. The van der Waals surface area contributed by atoms with Gasteiger partial charge in [-0.05, 0) is 28.1 Å². The highest BCUT2D eigenvalue weighted by Gasteiger charge is 2.17. The Morgan fingerprint density at radius 3 is 2.71 bits per heavy atom. The normalized spacial score (nSPS) is 10.2. The van der Waals surface area contributed by atoms with Crippen molar-refractivity contribution in [3.63, 3.8) is 0 Å². The number of likely N-dealkylation sites (N-methyl/N-ethyl adjacent to an activating group) is 1. The van der Waals surface area contributed by atoms with Gasteiger partial charge in [0.1, 0.15) is 0 Å². The van der Waals surface area contributed by atoms with E-state index in [0.717, 1.165) is 0 Å². The van der Waals surface area contributed by atoms with Crippen LogP contribution in [0.25, 0.3) is 0 Å². The van der Waals surface area contributed by atoms with Crippen LogP contribution in [-0.2, 0) is 9.59 Å². The number of nitrogens with one attached hydrogen (secondary N) is 1. The summed E-state index contributed by atoms with van der Waals surface area (Å²) < 4.78 is 5.56. The van der Waals surface area contributed by atoms with Gasteiger partial charge in [0.05, 0.1) is 12.3 Å². The quantitative estimate of drug-likeness (QED) is 0.655. The lowest BCUT2D eigenvalue weighted by atomic mass is 10.4. The monoisotopic (exact) mass is 378 g/mol. The molecule has 1 aromatic rings. The van der Waals surface area contributed by atoms with Crippen molar-refractivity contribution in [2.75, 3.05) is 31.6 Å². The average molecular weight is 379 g/mol. The Morgan fingerprint density at radius 2 is 2.14 bits per heavy atom. The summed E-state index contributed by atoms with van der Waals surface area (Å²) in [4.78, 5) is 35.1. The number of nitrogens with zero attached hydrogens (tertiary/aromatic N) is 1. The Balaban J connectivity index is 2.27. The number of rotatable bonds is 8. The van der Waals surface area contributed by atoms with Crippen LogP contribution in [0.4, 0.5) is 0 Å². The van der Waals surface area contributed by atoms with Crippen molar-refractivity contribution < 1.29 is 23.9 Å². The first-order chi connectivity index (χ1) is 9.90. The van der Waals surface area contributed by atoms with E-state index in [-0.39, 0.29) is 24.0 Å². The van der Waals surface area contributed by atoms with Crippen LogP contribution in [0.3, 0.4) is 0 Å². The van der Waals surface area contributed by atoms with Crippen molar-refractivity contribution in [2.45, 2.75) is 0 Å². The van der Waals surface area contributed by atoms with Crippen molar-refractivity contribution in [1.29, 1.82) is 0 Å². The molecular formula is C12H15BrN2O5S. The molecule has 21 heavy (non-hydrogen) atoms. The van der Waals surface area contributed by atoms with Gasteiger partial charge in [-0.25, -0.2) is 0 Å². The summed E-state index contributed by atoms with van der Waals surface area (Å²) in [7, 11) is 1.50. The molecule has 0 aliphatic heterocycles. The van der Waals surface area contributed by atoms with E-state index < -0.39 is 11.9 Å². The first-order valence-corrected chi connectivity index (χ1v) is 7.92. The summed E-state index contributed by atoms with van der Waals surface area (Å²) in [6.45, 7) is 0.256. The van der Waals surface area contributed by atoms with Crippen LogP contribution in [0, 0.1) is 0 Å². The molecule has 0 aliphatic carbocycles. The first kappa shape index (κ1) is 17.6. The van der Waals surface area contributed by atoms with E-state index in [4.69, 9.17) is 9.52 Å². The predicted octanol–water partition coefficient (Wildman–Crippen LogP) is 1.05. The zero-order valence-corrected chi connectivity index (χ0v) is 13.7. The lowest BCUT2D eigenvalue weighted by Crippen LogP contribution is -2.39. The lowest BCUT2D eigenvalue weighted by Gasteiger charge is -2.15. The van der Waals surface area contributed by atoms with Gasteiger partial charge in [0.25, 0.3) is 5.91 Å². The molecular weight excluding hydrogens is 364 g/mol. The average Bonchev–Trinajstić information content (AvgIpc) is 2.83. The minimum Gasteiger partial charge on any atom is -0.481 e. The number of carbonyl (C=O) groups excluding carboxylic acids is 2. The van der Waals surface area contributed by atoms with Gasteiger partial charge < -0.3 is 19.7 Å². The van der Waals surface area contributed by atoms with Gasteiger partial charge in [0, 0.05) is 19.3 Å². The fourth-order valence-corrected chi connectivity index (χ4v) is 2.25. The summed E-state index contributed by atoms with van der Waals surface area (Å²) in [5.41, 5.74) is 0. The van der Waals surface area contributed by atoms with Gasteiger partial charge in [0.2, 0.25) is 5.91 Å². The summed E-state index contributed by atoms with van der Waals surface area (Å²) in [6, 6.07) is 3.12. The van der Waals surface area contributed by atoms with Crippen molar-refractivity contribution in [3.8, 4) is 0 Å². The fraction of sp³-hybridized carbons (Fsp3) is 0.417. The largest absolute Gasteiger partial charge is 0.481 e. The van der Waals surface area contributed by atoms with Crippen molar-refractivity contribution >= 4 is 45.5 Å². The van der Waals surface area contributed by atoms with Gasteiger partial charge in [-0.2, -0.15) is 0 Å². The van der Waals surface area contributed by atoms with Crippen LogP contribution >= 0.6 is 27.7 Å². The number of hydrogen-bond acceptors (Lipinski definition) is 5. The van der Waals surface area contributed by atoms with Crippen LogP contribution in [0.5, 0.6) is 0 Å². The smallest absolute Gasteiger partial charge is 0.313 e. The molecule has 1 aromatic heterocycles. The molecule has 0 radical (unpaired) electrons. The zero-order chi connectivity index (χ0) is 15.8. The number of amides is 2. The van der Waals surface area contributed by atoms with Crippen LogP contribution in [-0.4, -0.2) is 59.4 Å². The molecule has 1 heterocycles. The van der Waals surface area contributed by atoms with Crippen LogP contribution < -0.4 is 5.32 Å². The maximum absolute atomic E-state index is 11.9. The van der Waals surface area contributed by atoms with Gasteiger partial charge in [-0.3, -0.25) is 14.4 Å². The van der Waals surface area contributed by atoms with E-state index in [1.165, 1.54) is 29.8 Å². The Kier molecular flexibility index (Phi) is 7.30. The second kappa shape index (κ2) is 8.73. The molecule has 2 amide bonds. The Labute approximate surface area is 134 Å².